The van der Waals surface area contributed by atoms with Gasteiger partial charge in [-0.2, -0.15) is 26.3 Å². The summed E-state index contributed by atoms with van der Waals surface area (Å²) < 4.78 is 83.2. The topological polar surface area (TPSA) is 46.5 Å². The van der Waals surface area contributed by atoms with Gasteiger partial charge in [0.1, 0.15) is 6.10 Å². The van der Waals surface area contributed by atoms with E-state index < -0.39 is 18.0 Å². The number of ether oxygens (including phenoxy) is 1. The van der Waals surface area contributed by atoms with Gasteiger partial charge in [0, 0.05) is 13.3 Å². The van der Waals surface area contributed by atoms with Crippen LogP contribution in [0, 0.1) is 17.3 Å². The maximum atomic E-state index is 13.0. The van der Waals surface area contributed by atoms with Crippen molar-refractivity contribution in [3.63, 3.8) is 0 Å². The van der Waals surface area contributed by atoms with E-state index in [-0.39, 0.29) is 41.8 Å². The molecule has 2 unspecified atom stereocenters. The molecule has 1 N–H and O–H groups in total. The quantitative estimate of drug-likeness (QED) is 0.214. The lowest BCUT2D eigenvalue weighted by molar-refractivity contribution is -0.347. The van der Waals surface area contributed by atoms with Crippen LogP contribution in [0.4, 0.5) is 26.3 Å². The van der Waals surface area contributed by atoms with Crippen LogP contribution in [0.1, 0.15) is 78.6 Å². The fraction of sp³-hybridized carbons (Fsp3) is 0.679. The predicted octanol–water partition coefficient (Wildman–Crippen LogP) is 7.92. The van der Waals surface area contributed by atoms with E-state index in [1.54, 1.807) is 6.92 Å². The number of hydrogen-bond acceptors (Lipinski definition) is 3. The minimum atomic E-state index is -5.86. The van der Waals surface area contributed by atoms with E-state index in [2.05, 4.69) is 25.2 Å². The monoisotopic (exact) mass is 534 g/mol. The zero-order valence-electron chi connectivity index (χ0n) is 21.5. The normalized spacial score (nSPS) is 30.5. The summed E-state index contributed by atoms with van der Waals surface area (Å²) in [5, 5.41) is 9.37. The van der Waals surface area contributed by atoms with Gasteiger partial charge in [-0.3, -0.25) is 4.79 Å². The molecule has 2 saturated carbocycles. The lowest BCUT2D eigenvalue weighted by atomic mass is 9.62. The summed E-state index contributed by atoms with van der Waals surface area (Å²) in [5.74, 6) is -0.310. The van der Waals surface area contributed by atoms with E-state index in [4.69, 9.17) is 4.74 Å². The summed E-state index contributed by atoms with van der Waals surface area (Å²) in [6.07, 6.45) is 2.25. The number of esters is 1. The molecule has 0 aromatic heterocycles. The average Bonchev–Trinajstić information content (AvgIpc) is 3.13. The third kappa shape index (κ3) is 6.35. The van der Waals surface area contributed by atoms with Gasteiger partial charge in [-0.05, 0) is 74.7 Å². The molecule has 0 aromatic rings. The molecule has 3 nitrogen and oxygen atoms in total. The Hall–Kier alpha value is -2.03. The second kappa shape index (κ2) is 11.0. The highest BCUT2D eigenvalue weighted by atomic mass is 19.4. The number of rotatable bonds is 6. The Bertz CT molecular complexity index is 957. The number of allylic oxidation sites excluding steroid dienone is 6. The van der Waals surface area contributed by atoms with Crippen molar-refractivity contribution in [2.45, 2.75) is 103 Å². The van der Waals surface area contributed by atoms with Crippen LogP contribution >= 0.6 is 0 Å². The van der Waals surface area contributed by atoms with Crippen molar-refractivity contribution in [2.75, 3.05) is 0 Å². The van der Waals surface area contributed by atoms with Crippen LogP contribution in [0.5, 0.6) is 0 Å². The molecule has 3 rings (SSSR count). The van der Waals surface area contributed by atoms with E-state index in [9.17, 15) is 36.2 Å². The summed E-state index contributed by atoms with van der Waals surface area (Å²) in [4.78, 5) is 11.3. The van der Waals surface area contributed by atoms with Crippen LogP contribution in [0.15, 0.2) is 47.1 Å². The van der Waals surface area contributed by atoms with Crippen molar-refractivity contribution in [3.05, 3.63) is 47.1 Å². The first-order chi connectivity index (χ1) is 17.1. The fourth-order valence-corrected chi connectivity index (χ4v) is 6.30. The van der Waals surface area contributed by atoms with Crippen molar-refractivity contribution in [1.29, 1.82) is 0 Å². The van der Waals surface area contributed by atoms with Gasteiger partial charge in [-0.15, -0.1) is 0 Å². The summed E-state index contributed by atoms with van der Waals surface area (Å²) in [6.45, 7) is 5.36. The smallest absolute Gasteiger partial charge is 0.429 e. The first-order valence-corrected chi connectivity index (χ1v) is 12.9. The Morgan fingerprint density at radius 3 is 2.46 bits per heavy atom. The molecule has 0 radical (unpaired) electrons. The fourth-order valence-electron chi connectivity index (χ4n) is 6.30. The number of fused-ring (bicyclic) bond motifs is 1. The van der Waals surface area contributed by atoms with Gasteiger partial charge < -0.3 is 9.84 Å². The summed E-state index contributed by atoms with van der Waals surface area (Å²) >= 11 is 0. The molecular weight excluding hydrogens is 498 g/mol. The number of hydrogen-bond donors (Lipinski definition) is 1. The number of carbonyl (C=O) groups is 1. The average molecular weight is 535 g/mol. The molecule has 0 bridgehead atoms. The van der Waals surface area contributed by atoms with Gasteiger partial charge in [0.25, 0.3) is 5.60 Å². The molecule has 0 aliphatic heterocycles. The third-order valence-electron chi connectivity index (χ3n) is 8.23. The third-order valence-corrected chi connectivity index (χ3v) is 8.23. The molecule has 0 saturated heterocycles. The Kier molecular flexibility index (Phi) is 8.77. The molecule has 3 aliphatic carbocycles. The Labute approximate surface area is 214 Å². The van der Waals surface area contributed by atoms with E-state index in [0.29, 0.717) is 0 Å². The molecular formula is C28H36F6O3. The van der Waals surface area contributed by atoms with Crippen LogP contribution in [0.25, 0.3) is 0 Å². The molecule has 37 heavy (non-hydrogen) atoms. The van der Waals surface area contributed by atoms with E-state index in [0.717, 1.165) is 63.0 Å². The Morgan fingerprint density at radius 2 is 1.84 bits per heavy atom. The lowest BCUT2D eigenvalue weighted by Gasteiger charge is -2.42. The van der Waals surface area contributed by atoms with Crippen molar-refractivity contribution < 1.29 is 41.0 Å². The van der Waals surface area contributed by atoms with Crippen LogP contribution < -0.4 is 0 Å². The van der Waals surface area contributed by atoms with Crippen molar-refractivity contribution in [2.24, 2.45) is 17.3 Å². The highest BCUT2D eigenvalue weighted by Gasteiger charge is 2.68. The second-order valence-corrected chi connectivity index (χ2v) is 10.9. The SMILES string of the molecule is CC(=O)OC1CCC/C(=C/C=C2\CCC[C@]3(C)C([C@H](C)C/C=C\C(O)(C(F)(F)F)C(F)(F)F)=CCC23)C1. The van der Waals surface area contributed by atoms with Gasteiger partial charge >= 0.3 is 18.3 Å². The van der Waals surface area contributed by atoms with Crippen molar-refractivity contribution in [3.8, 4) is 0 Å². The molecule has 0 aromatic carbocycles. The molecule has 9 heteroatoms. The first kappa shape index (κ1) is 29.5. The van der Waals surface area contributed by atoms with E-state index >= 15 is 0 Å². The summed E-state index contributed by atoms with van der Waals surface area (Å²) in [5.41, 5.74) is -1.49. The predicted molar refractivity (Wildman–Crippen MR) is 128 cm³/mol. The zero-order valence-corrected chi connectivity index (χ0v) is 21.5. The number of aliphatic hydroxyl groups is 1. The van der Waals surface area contributed by atoms with E-state index in [1.165, 1.54) is 18.1 Å². The Morgan fingerprint density at radius 1 is 1.16 bits per heavy atom. The summed E-state index contributed by atoms with van der Waals surface area (Å²) in [7, 11) is 0. The summed E-state index contributed by atoms with van der Waals surface area (Å²) in [6, 6.07) is 0. The van der Waals surface area contributed by atoms with E-state index in [1.807, 2.05) is 0 Å². The molecule has 0 amide bonds. The number of carbonyl (C=O) groups excluding carboxylic acids is 1. The highest BCUT2D eigenvalue weighted by molar-refractivity contribution is 5.66. The van der Waals surface area contributed by atoms with Gasteiger partial charge in [0.2, 0.25) is 0 Å². The molecule has 0 spiro atoms. The number of halogens is 6. The zero-order chi connectivity index (χ0) is 27.6. The van der Waals surface area contributed by atoms with Crippen molar-refractivity contribution >= 4 is 5.97 Å². The van der Waals surface area contributed by atoms with Gasteiger partial charge in [-0.1, -0.05) is 54.9 Å². The number of alkyl halides is 6. The Balaban J connectivity index is 1.71. The minimum absolute atomic E-state index is 0.0384. The van der Waals surface area contributed by atoms with Crippen LogP contribution in [-0.4, -0.2) is 35.1 Å². The molecule has 208 valence electrons. The van der Waals surface area contributed by atoms with Crippen LogP contribution in [0.2, 0.25) is 0 Å². The second-order valence-electron chi connectivity index (χ2n) is 10.9. The molecule has 0 heterocycles. The largest absolute Gasteiger partial charge is 0.462 e. The lowest BCUT2D eigenvalue weighted by Crippen LogP contribution is -2.55. The van der Waals surface area contributed by atoms with Crippen LogP contribution in [-0.2, 0) is 9.53 Å². The highest BCUT2D eigenvalue weighted by Crippen LogP contribution is 2.57. The maximum absolute atomic E-state index is 13.0. The minimum Gasteiger partial charge on any atom is -0.462 e. The van der Waals surface area contributed by atoms with Crippen LogP contribution in [0.3, 0.4) is 0 Å². The van der Waals surface area contributed by atoms with Gasteiger partial charge in [0.05, 0.1) is 0 Å². The van der Waals surface area contributed by atoms with Gasteiger partial charge in [0.15, 0.2) is 0 Å². The molecule has 3 aliphatic rings. The van der Waals surface area contributed by atoms with Gasteiger partial charge in [-0.25, -0.2) is 0 Å². The first-order valence-electron chi connectivity index (χ1n) is 12.9. The van der Waals surface area contributed by atoms with Crippen molar-refractivity contribution in [1.82, 2.24) is 0 Å². The maximum Gasteiger partial charge on any atom is 0.429 e. The standard InChI is InChI=1S/C28H36F6O3/c1-18(7-5-16-26(36,27(29,30)31)28(32,33)34)23-13-14-24-21(9-6-15-25(23,24)3)12-11-20-8-4-10-22(17-20)37-19(2)35/h5,11-13,16,18,22,24,36H,4,6-10,14-15,17H2,1-3H3/b16-5-,20-11-,21-12+/t18-,22?,24?,25-/m1/s1. The molecule has 2 fully saturated rings. The molecule has 4 atom stereocenters.